The molecule has 0 radical (unpaired) electrons. The third-order valence-electron chi connectivity index (χ3n) is 10.3. The summed E-state index contributed by atoms with van der Waals surface area (Å²) in [5.74, 6) is -0.468. The Hall–Kier alpha value is -4.06. The van der Waals surface area contributed by atoms with Gasteiger partial charge in [0.05, 0.1) is 29.8 Å². The third kappa shape index (κ3) is 6.44. The van der Waals surface area contributed by atoms with E-state index in [1.165, 1.54) is 19.4 Å². The minimum absolute atomic E-state index is 0.0448. The molecule has 2 N–H and O–H groups in total. The SMILES string of the molecule is COc1ccccc1-c1nccc(C(=O)Nc2nc3ccc(N4CCC(N5CCN(C)CC5)CC4)cc3n2[C@H]2CC[C@@H](O)CC2)c1F. The molecule has 10 nitrogen and oxygen atoms in total. The number of anilines is 2. The summed E-state index contributed by atoms with van der Waals surface area (Å²) in [5.41, 5.74) is 3.24. The van der Waals surface area contributed by atoms with Gasteiger partial charge in [-0.25, -0.2) is 9.37 Å². The highest BCUT2D eigenvalue weighted by molar-refractivity contribution is 6.05. The molecule has 3 aliphatic rings. The summed E-state index contributed by atoms with van der Waals surface area (Å²) < 4.78 is 23.4. The molecule has 0 atom stereocenters. The molecular weight excluding hydrogens is 597 g/mol. The molecule has 1 saturated carbocycles. The van der Waals surface area contributed by atoms with Crippen LogP contribution in [0.25, 0.3) is 22.3 Å². The van der Waals surface area contributed by atoms with E-state index in [1.54, 1.807) is 24.3 Å². The molecule has 0 unspecified atom stereocenters. The summed E-state index contributed by atoms with van der Waals surface area (Å²) in [6.07, 6.45) is 6.26. The van der Waals surface area contributed by atoms with E-state index in [9.17, 15) is 9.90 Å². The summed E-state index contributed by atoms with van der Waals surface area (Å²) in [4.78, 5) is 30.3. The molecule has 0 spiro atoms. The molecule has 0 bridgehead atoms. The molecule has 2 aromatic heterocycles. The Morgan fingerprint density at radius 3 is 2.43 bits per heavy atom. The average molecular weight is 642 g/mol. The van der Waals surface area contributed by atoms with Gasteiger partial charge in [0, 0.05) is 68.8 Å². The van der Waals surface area contributed by atoms with Crippen molar-refractivity contribution in [3.8, 4) is 17.0 Å². The maximum absolute atomic E-state index is 15.9. The number of rotatable bonds is 7. The van der Waals surface area contributed by atoms with Gasteiger partial charge >= 0.3 is 0 Å². The first-order valence-corrected chi connectivity index (χ1v) is 16.9. The highest BCUT2D eigenvalue weighted by Gasteiger charge is 2.30. The van der Waals surface area contributed by atoms with Gasteiger partial charge in [0.25, 0.3) is 5.91 Å². The molecule has 2 aromatic carbocycles. The zero-order valence-corrected chi connectivity index (χ0v) is 27.2. The molecule has 1 aliphatic carbocycles. The van der Waals surface area contributed by atoms with Gasteiger partial charge in [0.2, 0.25) is 5.95 Å². The number of aromatic nitrogens is 3. The first kappa shape index (κ1) is 31.5. The van der Waals surface area contributed by atoms with E-state index in [4.69, 9.17) is 9.72 Å². The fourth-order valence-corrected chi connectivity index (χ4v) is 7.54. The number of amides is 1. The number of carbonyl (C=O) groups excluding carboxylic acids is 1. The lowest BCUT2D eigenvalue weighted by molar-refractivity contribution is 0.0982. The molecule has 4 aromatic rings. The number of nitrogens with zero attached hydrogens (tertiary/aromatic N) is 6. The van der Waals surface area contributed by atoms with Crippen molar-refractivity contribution >= 4 is 28.6 Å². The summed E-state index contributed by atoms with van der Waals surface area (Å²) in [6, 6.07) is 15.4. The third-order valence-corrected chi connectivity index (χ3v) is 10.3. The molecule has 4 heterocycles. The zero-order chi connectivity index (χ0) is 32.5. The van der Waals surface area contributed by atoms with Crippen LogP contribution in [0.2, 0.25) is 0 Å². The van der Waals surface area contributed by atoms with Gasteiger partial charge in [0.15, 0.2) is 5.82 Å². The number of hydrogen-bond donors (Lipinski definition) is 2. The number of piperazine rings is 1. The molecule has 3 fully saturated rings. The van der Waals surface area contributed by atoms with Gasteiger partial charge < -0.3 is 24.2 Å². The van der Waals surface area contributed by atoms with Gasteiger partial charge in [0.1, 0.15) is 11.4 Å². The number of aliphatic hydroxyl groups excluding tert-OH is 1. The number of benzene rings is 2. The lowest BCUT2D eigenvalue weighted by Crippen LogP contribution is -2.52. The van der Waals surface area contributed by atoms with Crippen LogP contribution in [0.3, 0.4) is 0 Å². The summed E-state index contributed by atoms with van der Waals surface area (Å²) in [6.45, 7) is 6.53. The Morgan fingerprint density at radius 1 is 0.936 bits per heavy atom. The number of aliphatic hydroxyl groups is 1. The predicted octanol–water partition coefficient (Wildman–Crippen LogP) is 5.19. The van der Waals surface area contributed by atoms with Crippen LogP contribution in [0.1, 0.15) is 54.9 Å². The predicted molar refractivity (Wildman–Crippen MR) is 182 cm³/mol. The van der Waals surface area contributed by atoms with Crippen molar-refractivity contribution in [3.05, 3.63) is 66.1 Å². The van der Waals surface area contributed by atoms with E-state index in [0.29, 0.717) is 36.1 Å². The lowest BCUT2D eigenvalue weighted by Gasteiger charge is -2.42. The van der Waals surface area contributed by atoms with Crippen LogP contribution < -0.4 is 15.0 Å². The quantitative estimate of drug-likeness (QED) is 0.285. The number of halogens is 1. The van der Waals surface area contributed by atoms with E-state index in [2.05, 4.69) is 48.7 Å². The first-order valence-electron chi connectivity index (χ1n) is 16.9. The zero-order valence-electron chi connectivity index (χ0n) is 27.2. The molecule has 11 heteroatoms. The standard InChI is InChI=1S/C36H44FN7O3/c1-41-19-21-43(22-20-41)24-14-17-42(18-15-24)26-9-12-30-31(23-26)44(25-7-10-27(45)11-8-25)36(39-30)40-35(46)29-13-16-38-34(33(29)37)28-5-3-4-6-32(28)47-2/h3-6,9,12-13,16,23-25,27,45H,7-8,10-11,14-15,17-22H2,1-2H3,(H,39,40,46)/t25-,27+. The topological polar surface area (TPSA) is 99.0 Å². The Bertz CT molecular complexity index is 1720. The second-order valence-corrected chi connectivity index (χ2v) is 13.2. The number of piperidine rings is 1. The summed E-state index contributed by atoms with van der Waals surface area (Å²) in [5, 5.41) is 13.2. The number of pyridine rings is 1. The van der Waals surface area contributed by atoms with E-state index < -0.39 is 11.7 Å². The molecule has 248 valence electrons. The highest BCUT2D eigenvalue weighted by atomic mass is 19.1. The normalized spacial score (nSPS) is 21.7. The minimum Gasteiger partial charge on any atom is -0.496 e. The van der Waals surface area contributed by atoms with Crippen molar-refractivity contribution in [1.29, 1.82) is 0 Å². The minimum atomic E-state index is -0.722. The highest BCUT2D eigenvalue weighted by Crippen LogP contribution is 2.37. The Morgan fingerprint density at radius 2 is 1.68 bits per heavy atom. The molecule has 2 saturated heterocycles. The van der Waals surface area contributed by atoms with Gasteiger partial charge in [-0.05, 0) is 82.0 Å². The lowest BCUT2D eigenvalue weighted by atomic mass is 9.93. The van der Waals surface area contributed by atoms with E-state index in [0.717, 1.165) is 81.7 Å². The number of fused-ring (bicyclic) bond motifs is 1. The van der Waals surface area contributed by atoms with Gasteiger partial charge in [-0.15, -0.1) is 0 Å². The number of hydrogen-bond acceptors (Lipinski definition) is 8. The maximum atomic E-state index is 15.9. The van der Waals surface area contributed by atoms with Crippen LogP contribution >= 0.6 is 0 Å². The smallest absolute Gasteiger partial charge is 0.261 e. The van der Waals surface area contributed by atoms with Crippen LogP contribution in [0.15, 0.2) is 54.7 Å². The number of likely N-dealkylation sites (N-methyl/N-ethyl adjacent to an activating group) is 1. The van der Waals surface area contributed by atoms with Crippen molar-refractivity contribution in [2.45, 2.75) is 56.7 Å². The Kier molecular flexibility index (Phi) is 9.11. The summed E-state index contributed by atoms with van der Waals surface area (Å²) >= 11 is 0. The van der Waals surface area contributed by atoms with E-state index in [1.807, 2.05) is 6.07 Å². The monoisotopic (exact) mass is 641 g/mol. The van der Waals surface area contributed by atoms with Crippen molar-refractivity contribution < 1.29 is 19.0 Å². The van der Waals surface area contributed by atoms with Crippen LogP contribution in [0.4, 0.5) is 16.0 Å². The number of carbonyl (C=O) groups is 1. The second kappa shape index (κ2) is 13.6. The number of nitrogens with one attached hydrogen (secondary N) is 1. The molecule has 1 amide bonds. The molecule has 2 aliphatic heterocycles. The van der Waals surface area contributed by atoms with Crippen LogP contribution in [0, 0.1) is 5.82 Å². The van der Waals surface area contributed by atoms with Crippen LogP contribution in [-0.2, 0) is 0 Å². The summed E-state index contributed by atoms with van der Waals surface area (Å²) in [7, 11) is 3.72. The van der Waals surface area contributed by atoms with E-state index in [-0.39, 0.29) is 23.4 Å². The fraction of sp³-hybridized carbons (Fsp3) is 0.472. The average Bonchev–Trinajstić information content (AvgIpc) is 3.46. The van der Waals surface area contributed by atoms with E-state index >= 15 is 4.39 Å². The van der Waals surface area contributed by atoms with Gasteiger partial charge in [-0.1, -0.05) is 12.1 Å². The number of ether oxygens (including phenoxy) is 1. The van der Waals surface area contributed by atoms with Crippen molar-refractivity contribution in [2.75, 3.05) is 63.6 Å². The van der Waals surface area contributed by atoms with Gasteiger partial charge in [-0.2, -0.15) is 0 Å². The second-order valence-electron chi connectivity index (χ2n) is 13.2. The molecule has 7 rings (SSSR count). The van der Waals surface area contributed by atoms with Crippen molar-refractivity contribution in [1.82, 2.24) is 24.3 Å². The number of para-hydroxylation sites is 1. The fourth-order valence-electron chi connectivity index (χ4n) is 7.54. The van der Waals surface area contributed by atoms with Gasteiger partial charge in [-0.3, -0.25) is 20.0 Å². The molecular formula is C36H44FN7O3. The largest absolute Gasteiger partial charge is 0.496 e. The Labute approximate surface area is 275 Å². The maximum Gasteiger partial charge on any atom is 0.261 e. The van der Waals surface area contributed by atoms with Crippen molar-refractivity contribution in [2.24, 2.45) is 0 Å². The van der Waals surface area contributed by atoms with Crippen molar-refractivity contribution in [3.63, 3.8) is 0 Å². The number of methoxy groups -OCH3 is 1. The Balaban J connectivity index is 1.16. The van der Waals surface area contributed by atoms with Crippen LogP contribution in [-0.4, -0.2) is 101 Å². The molecule has 47 heavy (non-hydrogen) atoms. The first-order chi connectivity index (χ1) is 22.9. The van der Waals surface area contributed by atoms with Crippen LogP contribution in [0.5, 0.6) is 5.75 Å². The number of imidazole rings is 1.